The van der Waals surface area contributed by atoms with Crippen molar-refractivity contribution in [1.82, 2.24) is 5.01 Å². The number of nitrogens with zero attached hydrogens (tertiary/aromatic N) is 1. The van der Waals surface area contributed by atoms with E-state index in [9.17, 15) is 33.3 Å². The Morgan fingerprint density at radius 3 is 2.57 bits per heavy atom. The highest BCUT2D eigenvalue weighted by molar-refractivity contribution is 5.69. The van der Waals surface area contributed by atoms with Gasteiger partial charge in [-0.2, -0.15) is 0 Å². The third-order valence-electron chi connectivity index (χ3n) is 4.81. The van der Waals surface area contributed by atoms with E-state index in [-0.39, 0.29) is 24.1 Å². The Balaban J connectivity index is 2.28. The molecule has 7 N–H and O–H groups in total. The largest absolute Gasteiger partial charge is 0.469 e. The standard InChI is InChI=1S/C18H24F3N3O6/c1-29-14(26)5-12-17(27)16(18(28)13(7-25)30-12)24(23)6-11(22)8-2-3-9(19)15(21)10(20)4-8/h3-4,6,12-13,16-18,25,27-28H,2,5,7,22-23H2,1H3/b11-6-. The Morgan fingerprint density at radius 1 is 1.33 bits per heavy atom. The second-order valence-electron chi connectivity index (χ2n) is 6.77. The van der Waals surface area contributed by atoms with Crippen molar-refractivity contribution in [2.75, 3.05) is 13.7 Å². The highest BCUT2D eigenvalue weighted by Gasteiger charge is 2.46. The molecule has 2 rings (SSSR count). The minimum Gasteiger partial charge on any atom is -0.469 e. The van der Waals surface area contributed by atoms with Crippen LogP contribution in [0.25, 0.3) is 0 Å². The summed E-state index contributed by atoms with van der Waals surface area (Å²) in [6, 6.07) is -1.29. The normalized spacial score (nSPS) is 30.4. The molecule has 2 aliphatic rings. The van der Waals surface area contributed by atoms with Gasteiger partial charge in [-0.05, 0) is 24.1 Å². The first-order valence-electron chi connectivity index (χ1n) is 8.92. The monoisotopic (exact) mass is 435 g/mol. The third kappa shape index (κ3) is 5.21. The molecule has 12 heteroatoms. The zero-order valence-electron chi connectivity index (χ0n) is 16.0. The Morgan fingerprint density at radius 2 is 1.97 bits per heavy atom. The lowest BCUT2D eigenvalue weighted by atomic mass is 9.90. The van der Waals surface area contributed by atoms with E-state index in [1.807, 2.05) is 0 Å². The first-order chi connectivity index (χ1) is 14.1. The number of ether oxygens (including phenoxy) is 2. The van der Waals surface area contributed by atoms with Gasteiger partial charge in [0.15, 0.2) is 17.5 Å². The van der Waals surface area contributed by atoms with E-state index in [0.717, 1.165) is 24.4 Å². The van der Waals surface area contributed by atoms with Gasteiger partial charge in [-0.1, -0.05) is 0 Å². The van der Waals surface area contributed by atoms with Gasteiger partial charge in [-0.15, -0.1) is 0 Å². The second-order valence-corrected chi connectivity index (χ2v) is 6.77. The number of hydrogen-bond acceptors (Lipinski definition) is 9. The molecule has 0 radical (unpaired) electrons. The summed E-state index contributed by atoms with van der Waals surface area (Å²) >= 11 is 0. The molecule has 5 unspecified atom stereocenters. The number of nitrogens with two attached hydrogens (primary N) is 2. The SMILES string of the molecule is COC(=O)CC1OC(CO)C(O)C(N(N)/C=C(\N)C2=CC(F)=C(F)C(F)=CC2)C1O. The molecule has 30 heavy (non-hydrogen) atoms. The predicted molar refractivity (Wildman–Crippen MR) is 97.6 cm³/mol. The molecule has 0 aromatic heterocycles. The van der Waals surface area contributed by atoms with Gasteiger partial charge in [0.2, 0.25) is 0 Å². The average Bonchev–Trinajstić information content (AvgIpc) is 2.83. The van der Waals surface area contributed by atoms with E-state index in [2.05, 4.69) is 4.74 Å². The van der Waals surface area contributed by atoms with Gasteiger partial charge < -0.3 is 35.5 Å². The van der Waals surface area contributed by atoms with Crippen LogP contribution in [0.5, 0.6) is 0 Å². The summed E-state index contributed by atoms with van der Waals surface area (Å²) in [7, 11) is 1.14. The van der Waals surface area contributed by atoms with Gasteiger partial charge in [0.25, 0.3) is 0 Å². The van der Waals surface area contributed by atoms with Crippen LogP contribution in [0.1, 0.15) is 12.8 Å². The Labute approximate surface area is 170 Å². The van der Waals surface area contributed by atoms with Crippen LogP contribution in [-0.2, 0) is 14.3 Å². The van der Waals surface area contributed by atoms with Crippen molar-refractivity contribution in [3.63, 3.8) is 0 Å². The number of rotatable bonds is 6. The van der Waals surface area contributed by atoms with Crippen LogP contribution in [0.15, 0.2) is 47.1 Å². The minimum atomic E-state index is -1.66. The van der Waals surface area contributed by atoms with E-state index >= 15 is 0 Å². The van der Waals surface area contributed by atoms with Crippen molar-refractivity contribution in [3.05, 3.63) is 47.1 Å². The summed E-state index contributed by atoms with van der Waals surface area (Å²) < 4.78 is 50.3. The minimum absolute atomic E-state index is 0.00777. The van der Waals surface area contributed by atoms with E-state index in [1.165, 1.54) is 0 Å². The lowest BCUT2D eigenvalue weighted by Gasteiger charge is -2.45. The first kappa shape index (κ1) is 23.9. The molecule has 168 valence electrons. The third-order valence-corrected chi connectivity index (χ3v) is 4.81. The maximum Gasteiger partial charge on any atom is 0.308 e. The smallest absolute Gasteiger partial charge is 0.308 e. The predicted octanol–water partition coefficient (Wildman–Crippen LogP) is -0.291. The van der Waals surface area contributed by atoms with Crippen LogP contribution >= 0.6 is 0 Å². The van der Waals surface area contributed by atoms with Gasteiger partial charge in [-0.25, -0.2) is 19.0 Å². The van der Waals surface area contributed by atoms with E-state index in [4.69, 9.17) is 16.3 Å². The molecule has 0 aromatic carbocycles. The summed E-state index contributed by atoms with van der Waals surface area (Å²) in [6.07, 6.45) is -3.45. The highest BCUT2D eigenvalue weighted by atomic mass is 19.2. The molecule has 1 aliphatic carbocycles. The van der Waals surface area contributed by atoms with Gasteiger partial charge in [-0.3, -0.25) is 4.79 Å². The zero-order valence-corrected chi connectivity index (χ0v) is 16.0. The number of carbonyl (C=O) groups is 1. The van der Waals surface area contributed by atoms with E-state index in [1.54, 1.807) is 0 Å². The topological polar surface area (TPSA) is 152 Å². The number of hydrazine groups is 1. The molecular weight excluding hydrogens is 411 g/mol. The van der Waals surface area contributed by atoms with Crippen molar-refractivity contribution in [3.8, 4) is 0 Å². The van der Waals surface area contributed by atoms with Crippen molar-refractivity contribution < 1.29 is 42.8 Å². The van der Waals surface area contributed by atoms with Crippen LogP contribution in [0.4, 0.5) is 13.2 Å². The van der Waals surface area contributed by atoms with Crippen LogP contribution < -0.4 is 11.6 Å². The molecule has 0 saturated carbocycles. The first-order valence-corrected chi connectivity index (χ1v) is 8.92. The number of methoxy groups -OCH3 is 1. The van der Waals surface area contributed by atoms with Crippen molar-refractivity contribution >= 4 is 5.97 Å². The number of carbonyl (C=O) groups excluding carboxylic acids is 1. The zero-order chi connectivity index (χ0) is 22.6. The van der Waals surface area contributed by atoms with Crippen LogP contribution in [0.2, 0.25) is 0 Å². The van der Waals surface area contributed by atoms with Crippen LogP contribution in [0.3, 0.4) is 0 Å². The van der Waals surface area contributed by atoms with Crippen molar-refractivity contribution in [2.24, 2.45) is 11.6 Å². The summed E-state index contributed by atoms with van der Waals surface area (Å²) in [5.74, 6) is 0.724. The number of aliphatic hydroxyl groups is 3. The highest BCUT2D eigenvalue weighted by Crippen LogP contribution is 2.29. The molecule has 0 spiro atoms. The fourth-order valence-electron chi connectivity index (χ4n) is 3.16. The van der Waals surface area contributed by atoms with Gasteiger partial charge in [0, 0.05) is 6.20 Å². The maximum absolute atomic E-state index is 13.7. The molecular formula is C18H24F3N3O6. The second kappa shape index (κ2) is 10.1. The molecule has 1 saturated heterocycles. The molecule has 1 aliphatic heterocycles. The van der Waals surface area contributed by atoms with Crippen molar-refractivity contribution in [2.45, 2.75) is 43.3 Å². The molecule has 0 aromatic rings. The van der Waals surface area contributed by atoms with Crippen LogP contribution in [0, 0.1) is 0 Å². The summed E-state index contributed by atoms with van der Waals surface area (Å²) in [6.45, 7) is -0.639. The fraction of sp³-hybridized carbons (Fsp3) is 0.500. The number of allylic oxidation sites excluding steroid dienone is 6. The van der Waals surface area contributed by atoms with E-state index in [0.29, 0.717) is 6.08 Å². The Kier molecular flexibility index (Phi) is 8.03. The van der Waals surface area contributed by atoms with Gasteiger partial charge >= 0.3 is 5.97 Å². The molecule has 1 fully saturated rings. The number of halogens is 3. The Hall–Kier alpha value is -2.38. The average molecular weight is 435 g/mol. The summed E-state index contributed by atoms with van der Waals surface area (Å²) in [4.78, 5) is 11.6. The molecule has 9 nitrogen and oxygen atoms in total. The lowest BCUT2D eigenvalue weighted by molar-refractivity contribution is -0.213. The fourth-order valence-corrected chi connectivity index (χ4v) is 3.16. The Bertz CT molecular complexity index is 785. The molecule has 5 atom stereocenters. The van der Waals surface area contributed by atoms with Crippen LogP contribution in [-0.4, -0.2) is 70.5 Å². The van der Waals surface area contributed by atoms with Gasteiger partial charge in [0.05, 0.1) is 31.9 Å². The quantitative estimate of drug-likeness (QED) is 0.215. The summed E-state index contributed by atoms with van der Waals surface area (Å²) in [5, 5.41) is 31.2. The molecule has 1 heterocycles. The lowest BCUT2D eigenvalue weighted by Crippen LogP contribution is -2.65. The number of esters is 1. The number of aliphatic hydroxyl groups excluding tert-OH is 3. The van der Waals surface area contributed by atoms with Gasteiger partial charge in [0.1, 0.15) is 24.4 Å². The maximum atomic E-state index is 13.7. The summed E-state index contributed by atoms with van der Waals surface area (Å²) in [5.41, 5.74) is 5.66. The molecule has 0 bridgehead atoms. The van der Waals surface area contributed by atoms with E-state index < -0.39 is 60.5 Å². The molecule has 0 amide bonds. The van der Waals surface area contributed by atoms with Crippen molar-refractivity contribution in [1.29, 1.82) is 0 Å². The number of hydrogen-bond donors (Lipinski definition) is 5.